The second-order valence-corrected chi connectivity index (χ2v) is 3.70. The molecule has 0 aliphatic rings. The minimum atomic E-state index is 0.324. The molecule has 0 aliphatic heterocycles. The quantitative estimate of drug-likeness (QED) is 0.695. The molecule has 0 saturated heterocycles. The number of nitrogens with one attached hydrogen (secondary N) is 1. The molecule has 14 heavy (non-hydrogen) atoms. The fourth-order valence-corrected chi connectivity index (χ4v) is 1.27. The number of tetrazole rings is 1. The van der Waals surface area contributed by atoms with Crippen LogP contribution in [-0.4, -0.2) is 32.8 Å². The van der Waals surface area contributed by atoms with Crippen LogP contribution in [0.1, 0.15) is 20.3 Å². The van der Waals surface area contributed by atoms with E-state index in [2.05, 4.69) is 34.7 Å². The van der Waals surface area contributed by atoms with Gasteiger partial charge >= 0.3 is 0 Å². The van der Waals surface area contributed by atoms with Crippen LogP contribution < -0.4 is 11.1 Å². The Morgan fingerprint density at radius 3 is 2.64 bits per heavy atom. The average Bonchev–Trinajstić information content (AvgIpc) is 2.51. The summed E-state index contributed by atoms with van der Waals surface area (Å²) in [5.41, 5.74) is 5.54. The highest BCUT2D eigenvalue weighted by atomic mass is 15.6. The normalized spacial score (nSPS) is 13.2. The molecule has 1 aromatic heterocycles. The zero-order valence-electron chi connectivity index (χ0n) is 8.94. The van der Waals surface area contributed by atoms with Crippen LogP contribution in [0.5, 0.6) is 0 Å². The summed E-state index contributed by atoms with van der Waals surface area (Å²) in [5, 5.41) is 14.5. The van der Waals surface area contributed by atoms with Crippen LogP contribution in [0.25, 0.3) is 0 Å². The van der Waals surface area contributed by atoms with Gasteiger partial charge in [0.05, 0.1) is 0 Å². The monoisotopic (exact) mass is 198 g/mol. The van der Waals surface area contributed by atoms with Crippen LogP contribution in [0, 0.1) is 5.92 Å². The van der Waals surface area contributed by atoms with E-state index in [9.17, 15) is 0 Å². The van der Waals surface area contributed by atoms with Crippen molar-refractivity contribution in [2.75, 3.05) is 11.9 Å². The molecule has 0 radical (unpaired) electrons. The van der Waals surface area contributed by atoms with Gasteiger partial charge in [-0.15, -0.1) is 0 Å². The number of hydrogen-bond acceptors (Lipinski definition) is 5. The van der Waals surface area contributed by atoms with Gasteiger partial charge in [-0.05, 0) is 29.3 Å². The molecule has 0 bridgehead atoms. The Labute approximate surface area is 83.9 Å². The van der Waals surface area contributed by atoms with Gasteiger partial charge in [-0.3, -0.25) is 0 Å². The maximum absolute atomic E-state index is 5.54. The molecule has 1 rings (SSSR count). The fraction of sp³-hybridized carbons (Fsp3) is 0.875. The Morgan fingerprint density at radius 2 is 2.21 bits per heavy atom. The Balaban J connectivity index is 2.60. The van der Waals surface area contributed by atoms with Crippen molar-refractivity contribution in [1.29, 1.82) is 0 Å². The molecule has 3 N–H and O–H groups in total. The molecule has 0 spiro atoms. The molecule has 0 aromatic carbocycles. The summed E-state index contributed by atoms with van der Waals surface area (Å²) >= 11 is 0. The van der Waals surface area contributed by atoms with E-state index >= 15 is 0 Å². The van der Waals surface area contributed by atoms with Gasteiger partial charge in [0.1, 0.15) is 0 Å². The molecule has 0 fully saturated rings. The summed E-state index contributed by atoms with van der Waals surface area (Å²) in [6, 6.07) is 0.324. The lowest BCUT2D eigenvalue weighted by Crippen LogP contribution is -2.29. The lowest BCUT2D eigenvalue weighted by Gasteiger charge is -2.21. The molecule has 0 amide bonds. The average molecular weight is 198 g/mol. The molecule has 6 nitrogen and oxygen atoms in total. The lowest BCUT2D eigenvalue weighted by molar-refractivity contribution is 0.493. The number of nitrogens with two attached hydrogens (primary N) is 1. The zero-order valence-corrected chi connectivity index (χ0v) is 8.94. The van der Waals surface area contributed by atoms with Crippen molar-refractivity contribution < 1.29 is 0 Å². The highest BCUT2D eigenvalue weighted by Crippen LogP contribution is 2.10. The first-order valence-corrected chi connectivity index (χ1v) is 4.84. The minimum absolute atomic E-state index is 0.324. The van der Waals surface area contributed by atoms with Crippen LogP contribution >= 0.6 is 0 Å². The SMILES string of the molecule is CC(C)C(CCN)Nc1nnnn1C. The highest BCUT2D eigenvalue weighted by Gasteiger charge is 2.14. The second-order valence-electron chi connectivity index (χ2n) is 3.70. The van der Waals surface area contributed by atoms with E-state index in [4.69, 9.17) is 5.73 Å². The van der Waals surface area contributed by atoms with E-state index in [-0.39, 0.29) is 0 Å². The van der Waals surface area contributed by atoms with Crippen LogP contribution in [0.3, 0.4) is 0 Å². The first-order valence-electron chi connectivity index (χ1n) is 4.84. The van der Waals surface area contributed by atoms with E-state index in [0.29, 0.717) is 24.5 Å². The molecule has 1 atom stereocenters. The number of anilines is 1. The number of aryl methyl sites for hydroxylation is 1. The van der Waals surface area contributed by atoms with Crippen molar-refractivity contribution in [3.8, 4) is 0 Å². The largest absolute Gasteiger partial charge is 0.350 e. The van der Waals surface area contributed by atoms with Gasteiger partial charge < -0.3 is 11.1 Å². The molecule has 1 heterocycles. The van der Waals surface area contributed by atoms with Crippen molar-refractivity contribution in [3.05, 3.63) is 0 Å². The van der Waals surface area contributed by atoms with Crippen molar-refractivity contribution >= 4 is 5.95 Å². The van der Waals surface area contributed by atoms with E-state index in [0.717, 1.165) is 6.42 Å². The molecular formula is C8H18N6. The van der Waals surface area contributed by atoms with Crippen LogP contribution in [0.2, 0.25) is 0 Å². The Bertz CT molecular complexity index is 269. The van der Waals surface area contributed by atoms with Crippen LogP contribution in [0.15, 0.2) is 0 Å². The Morgan fingerprint density at radius 1 is 1.50 bits per heavy atom. The third kappa shape index (κ3) is 2.66. The first kappa shape index (κ1) is 10.9. The predicted molar refractivity (Wildman–Crippen MR) is 54.7 cm³/mol. The molecule has 1 unspecified atom stereocenters. The minimum Gasteiger partial charge on any atom is -0.350 e. The van der Waals surface area contributed by atoms with Gasteiger partial charge in [0, 0.05) is 13.1 Å². The van der Waals surface area contributed by atoms with E-state index in [1.54, 1.807) is 4.68 Å². The second kappa shape index (κ2) is 4.90. The summed E-state index contributed by atoms with van der Waals surface area (Å²) in [6.45, 7) is 4.97. The Hall–Kier alpha value is -1.17. The van der Waals surface area contributed by atoms with Gasteiger partial charge in [0.2, 0.25) is 5.95 Å². The van der Waals surface area contributed by atoms with Crippen molar-refractivity contribution in [3.63, 3.8) is 0 Å². The lowest BCUT2D eigenvalue weighted by atomic mass is 10.0. The smallest absolute Gasteiger partial charge is 0.242 e. The molecular weight excluding hydrogens is 180 g/mol. The number of rotatable bonds is 5. The molecule has 0 saturated carbocycles. The van der Waals surface area contributed by atoms with Crippen LogP contribution in [-0.2, 0) is 7.05 Å². The van der Waals surface area contributed by atoms with E-state index in [1.165, 1.54) is 0 Å². The molecule has 6 heteroatoms. The fourth-order valence-electron chi connectivity index (χ4n) is 1.27. The number of nitrogens with zero attached hydrogens (tertiary/aromatic N) is 4. The molecule has 0 aliphatic carbocycles. The predicted octanol–water partition coefficient (Wildman–Crippen LogP) is -0.00460. The third-order valence-electron chi connectivity index (χ3n) is 2.22. The van der Waals surface area contributed by atoms with E-state index in [1.807, 2.05) is 7.05 Å². The van der Waals surface area contributed by atoms with Crippen molar-refractivity contribution in [2.45, 2.75) is 26.3 Å². The summed E-state index contributed by atoms with van der Waals surface area (Å²) in [4.78, 5) is 0. The standard InChI is InChI=1S/C8H18N6/c1-6(2)7(4-5-9)10-8-11-12-13-14(8)3/h6-7H,4-5,9H2,1-3H3,(H,10,11,13). The maximum Gasteiger partial charge on any atom is 0.242 e. The summed E-state index contributed by atoms with van der Waals surface area (Å²) in [6.07, 6.45) is 0.921. The Kier molecular flexibility index (Phi) is 3.82. The number of aromatic nitrogens is 4. The van der Waals surface area contributed by atoms with Gasteiger partial charge in [-0.1, -0.05) is 18.9 Å². The summed E-state index contributed by atoms with van der Waals surface area (Å²) in [7, 11) is 1.81. The number of hydrogen-bond donors (Lipinski definition) is 2. The van der Waals surface area contributed by atoms with Crippen molar-refractivity contribution in [2.24, 2.45) is 18.7 Å². The topological polar surface area (TPSA) is 81.7 Å². The van der Waals surface area contributed by atoms with E-state index < -0.39 is 0 Å². The molecule has 80 valence electrons. The highest BCUT2D eigenvalue weighted by molar-refractivity contribution is 5.23. The molecule has 1 aromatic rings. The summed E-state index contributed by atoms with van der Waals surface area (Å²) in [5.74, 6) is 1.20. The van der Waals surface area contributed by atoms with Gasteiger partial charge in [0.25, 0.3) is 0 Å². The van der Waals surface area contributed by atoms with Gasteiger partial charge in [0.15, 0.2) is 0 Å². The van der Waals surface area contributed by atoms with Crippen molar-refractivity contribution in [1.82, 2.24) is 20.2 Å². The summed E-state index contributed by atoms with van der Waals surface area (Å²) < 4.78 is 1.62. The third-order valence-corrected chi connectivity index (χ3v) is 2.22. The van der Waals surface area contributed by atoms with Gasteiger partial charge in [-0.25, -0.2) is 4.68 Å². The van der Waals surface area contributed by atoms with Gasteiger partial charge in [-0.2, -0.15) is 0 Å². The van der Waals surface area contributed by atoms with Crippen LogP contribution in [0.4, 0.5) is 5.95 Å². The zero-order chi connectivity index (χ0) is 10.6. The first-order chi connectivity index (χ1) is 6.65. The maximum atomic E-state index is 5.54.